The Labute approximate surface area is 209 Å². The van der Waals surface area contributed by atoms with Crippen molar-refractivity contribution in [1.82, 2.24) is 14.7 Å². The van der Waals surface area contributed by atoms with Crippen molar-refractivity contribution in [2.24, 2.45) is 0 Å². The van der Waals surface area contributed by atoms with Gasteiger partial charge in [0.2, 0.25) is 5.91 Å². The number of nitrogens with zero attached hydrogens (tertiary/aromatic N) is 3. The number of unbranched alkanes of at least 4 members (excludes halogenated alkanes) is 1. The van der Waals surface area contributed by atoms with Crippen LogP contribution < -0.4 is 20.1 Å². The summed E-state index contributed by atoms with van der Waals surface area (Å²) in [5, 5.41) is 10.6. The molecule has 0 aliphatic heterocycles. The molecule has 1 aromatic heterocycles. The highest BCUT2D eigenvalue weighted by Crippen LogP contribution is 2.30. The minimum atomic E-state index is -0.378. The Kier molecular flexibility index (Phi) is 9.18. The summed E-state index contributed by atoms with van der Waals surface area (Å²) >= 11 is 0. The number of carbonyl (C=O) groups excluding carboxylic acids is 2. The third kappa shape index (κ3) is 7.63. The summed E-state index contributed by atoms with van der Waals surface area (Å²) in [5.41, 5.74) is 0.896. The predicted octanol–water partition coefficient (Wildman–Crippen LogP) is 5.23. The van der Waals surface area contributed by atoms with Crippen molar-refractivity contribution in [2.75, 3.05) is 37.9 Å². The van der Waals surface area contributed by atoms with Crippen molar-refractivity contribution in [3.63, 3.8) is 0 Å². The molecule has 0 radical (unpaired) electrons. The lowest BCUT2D eigenvalue weighted by molar-refractivity contribution is -0.116. The summed E-state index contributed by atoms with van der Waals surface area (Å²) in [5.74, 6) is 1.41. The highest BCUT2D eigenvalue weighted by Gasteiger charge is 2.26. The molecular weight excluding hydrogens is 446 g/mol. The number of ether oxygens (including phenoxy) is 2. The Hall–Kier alpha value is -3.23. The molecule has 9 nitrogen and oxygen atoms in total. The molecule has 0 atom stereocenters. The van der Waals surface area contributed by atoms with Crippen LogP contribution in [0.5, 0.6) is 11.5 Å². The zero-order chi connectivity index (χ0) is 26.4. The molecule has 1 heterocycles. The molecule has 0 saturated carbocycles. The number of aromatic nitrogens is 2. The van der Waals surface area contributed by atoms with Crippen molar-refractivity contribution in [1.29, 1.82) is 0 Å². The molecule has 0 unspecified atom stereocenters. The molecule has 2 N–H and O–H groups in total. The van der Waals surface area contributed by atoms with Gasteiger partial charge in [0.1, 0.15) is 23.9 Å². The normalized spacial score (nSPS) is 11.7. The second kappa shape index (κ2) is 11.5. The fourth-order valence-corrected chi connectivity index (χ4v) is 3.40. The number of hydrogen-bond donors (Lipinski definition) is 2. The van der Waals surface area contributed by atoms with Crippen LogP contribution in [0.2, 0.25) is 0 Å². The van der Waals surface area contributed by atoms with Gasteiger partial charge in [-0.15, -0.1) is 0 Å². The van der Waals surface area contributed by atoms with Crippen LogP contribution in [0.4, 0.5) is 16.3 Å². The molecule has 2 rings (SSSR count). The molecule has 0 bridgehead atoms. The number of nitrogens with one attached hydrogen (secondary N) is 2. The molecule has 1 aromatic carbocycles. The number of hydrogen-bond acceptors (Lipinski definition) is 5. The van der Waals surface area contributed by atoms with Crippen LogP contribution in [0, 0.1) is 0 Å². The lowest BCUT2D eigenvalue weighted by Gasteiger charge is -2.25. The average molecular weight is 488 g/mol. The van der Waals surface area contributed by atoms with E-state index in [4.69, 9.17) is 14.6 Å². The van der Waals surface area contributed by atoms with Gasteiger partial charge < -0.3 is 25.0 Å². The van der Waals surface area contributed by atoms with Gasteiger partial charge in [-0.1, -0.05) is 34.1 Å². The van der Waals surface area contributed by atoms with E-state index in [0.717, 1.165) is 18.5 Å². The van der Waals surface area contributed by atoms with Gasteiger partial charge in [-0.05, 0) is 39.3 Å². The van der Waals surface area contributed by atoms with Gasteiger partial charge in [0.15, 0.2) is 0 Å². The molecule has 0 saturated heterocycles. The first-order chi connectivity index (χ1) is 16.3. The second-order valence-electron chi connectivity index (χ2n) is 10.6. The van der Waals surface area contributed by atoms with E-state index in [2.05, 4.69) is 31.4 Å². The van der Waals surface area contributed by atoms with Crippen LogP contribution in [-0.4, -0.2) is 53.9 Å². The third-order valence-electron chi connectivity index (χ3n) is 5.43. The first-order valence-corrected chi connectivity index (χ1v) is 12.0. The maximum absolute atomic E-state index is 13.1. The summed E-state index contributed by atoms with van der Waals surface area (Å²) < 4.78 is 12.4. The zero-order valence-corrected chi connectivity index (χ0v) is 22.6. The number of anilines is 2. The van der Waals surface area contributed by atoms with E-state index in [-0.39, 0.29) is 29.4 Å². The highest BCUT2D eigenvalue weighted by atomic mass is 16.5. The molecule has 194 valence electrons. The van der Waals surface area contributed by atoms with Crippen molar-refractivity contribution >= 4 is 23.4 Å². The van der Waals surface area contributed by atoms with E-state index in [1.165, 1.54) is 12.0 Å². The number of methoxy groups -OCH3 is 2. The lowest BCUT2D eigenvalue weighted by atomic mass is 9.92. The quantitative estimate of drug-likeness (QED) is 0.505. The SMILES string of the molecule is CCCCN(CC(=O)Nc1cc(C(C)(C)C)nn1C(C)(C)C)C(=O)Nc1ccc(OC)cc1OC. The first-order valence-electron chi connectivity index (χ1n) is 12.0. The Bertz CT molecular complexity index is 1020. The van der Waals surface area contributed by atoms with Crippen molar-refractivity contribution in [3.05, 3.63) is 30.0 Å². The maximum Gasteiger partial charge on any atom is 0.322 e. The first kappa shape index (κ1) is 28.0. The Morgan fingerprint density at radius 1 is 1.03 bits per heavy atom. The minimum Gasteiger partial charge on any atom is -0.497 e. The molecule has 0 aliphatic carbocycles. The van der Waals surface area contributed by atoms with Gasteiger partial charge >= 0.3 is 6.03 Å². The van der Waals surface area contributed by atoms with Crippen molar-refractivity contribution < 1.29 is 19.1 Å². The molecule has 0 aliphatic rings. The number of urea groups is 1. The van der Waals surface area contributed by atoms with Crippen LogP contribution in [-0.2, 0) is 15.7 Å². The summed E-state index contributed by atoms with van der Waals surface area (Å²) in [7, 11) is 3.09. The van der Waals surface area contributed by atoms with Crippen molar-refractivity contribution in [3.8, 4) is 11.5 Å². The van der Waals surface area contributed by atoms with Crippen LogP contribution in [0.1, 0.15) is 67.0 Å². The zero-order valence-electron chi connectivity index (χ0n) is 22.6. The molecule has 2 aromatic rings. The summed E-state index contributed by atoms with van der Waals surface area (Å²) in [6.45, 7) is 14.7. The molecule has 0 spiro atoms. The second-order valence-corrected chi connectivity index (χ2v) is 10.6. The van der Waals surface area contributed by atoms with Gasteiger partial charge in [-0.25, -0.2) is 9.48 Å². The van der Waals surface area contributed by atoms with E-state index >= 15 is 0 Å². The van der Waals surface area contributed by atoms with E-state index < -0.39 is 0 Å². The van der Waals surface area contributed by atoms with Gasteiger partial charge in [-0.3, -0.25) is 4.79 Å². The Morgan fingerprint density at radius 3 is 2.26 bits per heavy atom. The molecule has 0 fully saturated rings. The number of carbonyl (C=O) groups is 2. The molecule has 3 amide bonds. The monoisotopic (exact) mass is 487 g/mol. The highest BCUT2D eigenvalue weighted by molar-refractivity contribution is 5.97. The van der Waals surface area contributed by atoms with E-state index in [1.807, 2.05) is 38.4 Å². The van der Waals surface area contributed by atoms with Crippen LogP contribution in [0.25, 0.3) is 0 Å². The van der Waals surface area contributed by atoms with Crippen LogP contribution >= 0.6 is 0 Å². The summed E-state index contributed by atoms with van der Waals surface area (Å²) in [6.07, 6.45) is 1.66. The maximum atomic E-state index is 13.1. The lowest BCUT2D eigenvalue weighted by Crippen LogP contribution is -2.41. The van der Waals surface area contributed by atoms with Crippen molar-refractivity contribution in [2.45, 2.75) is 72.3 Å². The molecule has 35 heavy (non-hydrogen) atoms. The van der Waals surface area contributed by atoms with Gasteiger partial charge in [0.25, 0.3) is 0 Å². The standard InChI is InChI=1S/C26H41N5O4/c1-10-11-14-30(24(33)27-19-13-12-18(34-8)15-20(19)35-9)17-23(32)28-22-16-21(25(2,3)4)29-31(22)26(5,6)7/h12-13,15-16H,10-11,14,17H2,1-9H3,(H,27,33)(H,28,32). The Balaban J connectivity index is 2.22. The summed E-state index contributed by atoms with van der Waals surface area (Å²) in [4.78, 5) is 27.7. The third-order valence-corrected chi connectivity index (χ3v) is 5.43. The van der Waals surface area contributed by atoms with Gasteiger partial charge in [0.05, 0.1) is 31.1 Å². The van der Waals surface area contributed by atoms with Gasteiger partial charge in [-0.2, -0.15) is 5.10 Å². The molecular formula is C26H41N5O4. The average Bonchev–Trinajstić information content (AvgIpc) is 3.21. The number of rotatable bonds is 9. The van der Waals surface area contributed by atoms with E-state index in [1.54, 1.807) is 25.3 Å². The number of amides is 3. The largest absolute Gasteiger partial charge is 0.497 e. The van der Waals surface area contributed by atoms with Crippen LogP contribution in [0.3, 0.4) is 0 Å². The van der Waals surface area contributed by atoms with Crippen LogP contribution in [0.15, 0.2) is 24.3 Å². The topological polar surface area (TPSA) is 97.7 Å². The summed E-state index contributed by atoms with van der Waals surface area (Å²) in [6, 6.07) is 6.67. The Morgan fingerprint density at radius 2 is 1.71 bits per heavy atom. The van der Waals surface area contributed by atoms with E-state index in [0.29, 0.717) is 29.5 Å². The van der Waals surface area contributed by atoms with E-state index in [9.17, 15) is 9.59 Å². The smallest absolute Gasteiger partial charge is 0.322 e. The predicted molar refractivity (Wildman–Crippen MR) is 140 cm³/mol. The minimum absolute atomic E-state index is 0.0928. The number of benzene rings is 1. The fourth-order valence-electron chi connectivity index (χ4n) is 3.40. The van der Waals surface area contributed by atoms with Gasteiger partial charge in [0, 0.05) is 24.1 Å². The fraction of sp³-hybridized carbons (Fsp3) is 0.577. The molecule has 9 heteroatoms.